The van der Waals surface area contributed by atoms with E-state index in [1.807, 2.05) is 0 Å². The highest BCUT2D eigenvalue weighted by atomic mass is 32.2. The minimum absolute atomic E-state index is 0.297. The smallest absolute Gasteiger partial charge is 0.226 e. The van der Waals surface area contributed by atoms with Gasteiger partial charge in [-0.1, -0.05) is 5.16 Å². The van der Waals surface area contributed by atoms with Crippen molar-refractivity contribution in [2.45, 2.75) is 31.6 Å². The molecule has 1 aromatic rings. The summed E-state index contributed by atoms with van der Waals surface area (Å²) in [5, 5.41) is 7.33. The maximum Gasteiger partial charge on any atom is 0.226 e. The largest absolute Gasteiger partial charge is 0.339 e. The molecule has 6 nitrogen and oxygen atoms in total. The van der Waals surface area contributed by atoms with Crippen LogP contribution < -0.4 is 5.32 Å². The van der Waals surface area contributed by atoms with Gasteiger partial charge in [-0.05, 0) is 31.7 Å². The van der Waals surface area contributed by atoms with Crippen LogP contribution in [0.1, 0.15) is 36.9 Å². The number of hydrogen-bond donors (Lipinski definition) is 1. The molecule has 1 N–H and O–H groups in total. The van der Waals surface area contributed by atoms with E-state index >= 15 is 0 Å². The van der Waals surface area contributed by atoms with Gasteiger partial charge >= 0.3 is 0 Å². The fraction of sp³-hybridized carbons (Fsp3) is 0.833. The van der Waals surface area contributed by atoms with Gasteiger partial charge in [-0.2, -0.15) is 4.98 Å². The quantitative estimate of drug-likeness (QED) is 0.871. The van der Waals surface area contributed by atoms with Crippen molar-refractivity contribution in [1.29, 1.82) is 0 Å². The number of hydrogen-bond acceptors (Lipinski definition) is 6. The molecule has 2 saturated heterocycles. The van der Waals surface area contributed by atoms with Crippen LogP contribution in [0.25, 0.3) is 0 Å². The molecular weight excluding hydrogens is 266 g/mol. The van der Waals surface area contributed by atoms with Crippen LogP contribution in [-0.4, -0.2) is 43.2 Å². The van der Waals surface area contributed by atoms with E-state index in [1.165, 1.54) is 0 Å². The molecule has 2 aliphatic rings. The Morgan fingerprint density at radius 1 is 1.26 bits per heavy atom. The highest BCUT2D eigenvalue weighted by molar-refractivity contribution is 7.91. The predicted molar refractivity (Wildman–Crippen MR) is 69.6 cm³/mol. The second-order valence-electron chi connectivity index (χ2n) is 5.54. The molecule has 0 saturated carbocycles. The van der Waals surface area contributed by atoms with Gasteiger partial charge in [0.15, 0.2) is 5.82 Å². The van der Waals surface area contributed by atoms with E-state index < -0.39 is 9.84 Å². The first-order valence-corrected chi connectivity index (χ1v) is 8.68. The minimum Gasteiger partial charge on any atom is -0.339 e. The van der Waals surface area contributed by atoms with Crippen LogP contribution >= 0.6 is 0 Å². The molecule has 0 spiro atoms. The van der Waals surface area contributed by atoms with Crippen molar-refractivity contribution in [3.05, 3.63) is 11.7 Å². The van der Waals surface area contributed by atoms with Gasteiger partial charge in [-0.3, -0.25) is 0 Å². The van der Waals surface area contributed by atoms with Crippen LogP contribution in [0.4, 0.5) is 0 Å². The summed E-state index contributed by atoms with van der Waals surface area (Å²) in [4.78, 5) is 4.46. The highest BCUT2D eigenvalue weighted by Crippen LogP contribution is 2.24. The third-order valence-electron chi connectivity index (χ3n) is 4.05. The van der Waals surface area contributed by atoms with Crippen LogP contribution in [0.15, 0.2) is 4.52 Å². The Morgan fingerprint density at radius 3 is 2.74 bits per heavy atom. The maximum atomic E-state index is 11.4. The molecule has 3 rings (SSSR count). The van der Waals surface area contributed by atoms with Crippen molar-refractivity contribution >= 4 is 9.84 Å². The summed E-state index contributed by atoms with van der Waals surface area (Å²) in [6, 6.07) is 0. The Hall–Kier alpha value is -0.950. The van der Waals surface area contributed by atoms with E-state index in [0.29, 0.717) is 48.5 Å². The molecule has 1 atom stereocenters. The van der Waals surface area contributed by atoms with E-state index in [9.17, 15) is 8.42 Å². The lowest BCUT2D eigenvalue weighted by Gasteiger charge is -2.19. The van der Waals surface area contributed by atoms with E-state index in [1.54, 1.807) is 0 Å². The Bertz CT molecular complexity index is 520. The molecule has 2 fully saturated rings. The topological polar surface area (TPSA) is 85.1 Å². The fourth-order valence-electron chi connectivity index (χ4n) is 2.78. The first-order valence-electron chi connectivity index (χ1n) is 6.86. The molecule has 7 heteroatoms. The summed E-state index contributed by atoms with van der Waals surface area (Å²) in [6.45, 7) is 1.93. The number of nitrogens with one attached hydrogen (secondary N) is 1. The lowest BCUT2D eigenvalue weighted by Crippen LogP contribution is -2.24. The lowest BCUT2D eigenvalue weighted by atomic mass is 9.99. The van der Waals surface area contributed by atoms with Gasteiger partial charge < -0.3 is 9.84 Å². The van der Waals surface area contributed by atoms with Crippen molar-refractivity contribution in [3.8, 4) is 0 Å². The molecule has 106 valence electrons. The number of sulfone groups is 1. The molecular formula is C12H19N3O3S. The zero-order chi connectivity index (χ0) is 13.3. The Balaban J connectivity index is 1.58. The van der Waals surface area contributed by atoms with Gasteiger partial charge in [0.1, 0.15) is 9.84 Å². The SMILES string of the molecule is O=S1(=O)CCC(Cc2nc(C3CCNC3)no2)CC1. The van der Waals surface area contributed by atoms with Crippen LogP contribution in [-0.2, 0) is 16.3 Å². The lowest BCUT2D eigenvalue weighted by molar-refractivity contribution is 0.337. The Morgan fingerprint density at radius 2 is 2.05 bits per heavy atom. The second-order valence-corrected chi connectivity index (χ2v) is 7.84. The van der Waals surface area contributed by atoms with Gasteiger partial charge in [-0.15, -0.1) is 0 Å². The van der Waals surface area contributed by atoms with Crippen molar-refractivity contribution in [1.82, 2.24) is 15.5 Å². The third-order valence-corrected chi connectivity index (χ3v) is 5.76. The summed E-state index contributed by atoms with van der Waals surface area (Å²) in [5.41, 5.74) is 0. The predicted octanol–water partition coefficient (Wildman–Crippen LogP) is 0.514. The van der Waals surface area contributed by atoms with E-state index in [0.717, 1.165) is 25.3 Å². The summed E-state index contributed by atoms with van der Waals surface area (Å²) in [7, 11) is -2.79. The van der Waals surface area contributed by atoms with Gasteiger partial charge in [0.05, 0.1) is 11.5 Å². The Kier molecular flexibility index (Phi) is 3.58. The summed E-state index contributed by atoms with van der Waals surface area (Å²) in [6.07, 6.45) is 3.19. The molecule has 2 aliphatic heterocycles. The van der Waals surface area contributed by atoms with Crippen LogP contribution in [0.5, 0.6) is 0 Å². The monoisotopic (exact) mass is 285 g/mol. The number of aromatic nitrogens is 2. The zero-order valence-corrected chi connectivity index (χ0v) is 11.7. The van der Waals surface area contributed by atoms with Gasteiger partial charge in [0.25, 0.3) is 0 Å². The molecule has 3 heterocycles. The van der Waals surface area contributed by atoms with E-state index in [4.69, 9.17) is 4.52 Å². The average molecular weight is 285 g/mol. The van der Waals surface area contributed by atoms with Crippen LogP contribution in [0, 0.1) is 5.92 Å². The number of nitrogens with zero attached hydrogens (tertiary/aromatic N) is 2. The first-order chi connectivity index (χ1) is 9.12. The third kappa shape index (κ3) is 3.14. The van der Waals surface area contributed by atoms with Gasteiger partial charge in [0, 0.05) is 18.9 Å². The molecule has 1 aromatic heterocycles. The molecule has 0 aromatic carbocycles. The van der Waals surface area contributed by atoms with E-state index in [2.05, 4.69) is 15.5 Å². The zero-order valence-electron chi connectivity index (χ0n) is 10.8. The summed E-state index contributed by atoms with van der Waals surface area (Å²) < 4.78 is 28.0. The highest BCUT2D eigenvalue weighted by Gasteiger charge is 2.26. The average Bonchev–Trinajstić information content (AvgIpc) is 3.02. The summed E-state index contributed by atoms with van der Waals surface area (Å²) >= 11 is 0. The van der Waals surface area contributed by atoms with Crippen molar-refractivity contribution in [3.63, 3.8) is 0 Å². The fourth-order valence-corrected chi connectivity index (χ4v) is 4.37. The molecule has 0 aliphatic carbocycles. The molecule has 1 unspecified atom stereocenters. The molecule has 0 radical (unpaired) electrons. The van der Waals surface area contributed by atoms with Crippen LogP contribution in [0.2, 0.25) is 0 Å². The van der Waals surface area contributed by atoms with Crippen molar-refractivity contribution in [2.75, 3.05) is 24.6 Å². The minimum atomic E-state index is -2.79. The van der Waals surface area contributed by atoms with E-state index in [-0.39, 0.29) is 0 Å². The normalized spacial score (nSPS) is 27.7. The Labute approximate surface area is 112 Å². The van der Waals surface area contributed by atoms with Crippen molar-refractivity contribution in [2.24, 2.45) is 5.92 Å². The van der Waals surface area contributed by atoms with Gasteiger partial charge in [0.2, 0.25) is 5.89 Å². The second kappa shape index (κ2) is 5.20. The standard InChI is InChI=1S/C12H19N3O3S/c16-19(17)5-2-9(3-6-19)7-11-14-12(15-18-11)10-1-4-13-8-10/h9-10,13H,1-8H2. The maximum absolute atomic E-state index is 11.4. The number of rotatable bonds is 3. The van der Waals surface area contributed by atoms with Crippen molar-refractivity contribution < 1.29 is 12.9 Å². The first kappa shape index (κ1) is 13.1. The molecule has 0 bridgehead atoms. The molecule has 0 amide bonds. The summed E-state index contributed by atoms with van der Waals surface area (Å²) in [5.74, 6) is 2.77. The van der Waals surface area contributed by atoms with Crippen LogP contribution in [0.3, 0.4) is 0 Å². The van der Waals surface area contributed by atoms with Gasteiger partial charge in [-0.25, -0.2) is 8.42 Å². The molecule has 19 heavy (non-hydrogen) atoms.